The first-order valence-corrected chi connectivity index (χ1v) is 6.67. The van der Waals surface area contributed by atoms with Crippen LogP contribution < -0.4 is 5.73 Å². The lowest BCUT2D eigenvalue weighted by atomic mass is 9.78. The fourth-order valence-electron chi connectivity index (χ4n) is 2.15. The Kier molecular flexibility index (Phi) is 4.10. The molecule has 1 saturated heterocycles. The highest BCUT2D eigenvalue weighted by Crippen LogP contribution is 2.41. The van der Waals surface area contributed by atoms with E-state index in [0.29, 0.717) is 24.8 Å². The van der Waals surface area contributed by atoms with Crippen LogP contribution in [-0.4, -0.2) is 24.9 Å². The Morgan fingerprint density at radius 3 is 2.88 bits per heavy atom. The minimum Gasteiger partial charge on any atom is -0.388 e. The largest absolute Gasteiger partial charge is 0.388 e. The Morgan fingerprint density at radius 1 is 1.59 bits per heavy atom. The monoisotopic (exact) mass is 319 g/mol. The second-order valence-corrected chi connectivity index (χ2v) is 5.71. The summed E-state index contributed by atoms with van der Waals surface area (Å²) in [6.07, 6.45) is 0.161. The van der Waals surface area contributed by atoms with Crippen LogP contribution in [0.1, 0.15) is 18.1 Å². The van der Waals surface area contributed by atoms with E-state index in [2.05, 4.69) is 15.9 Å². The van der Waals surface area contributed by atoms with E-state index in [0.717, 1.165) is 16.5 Å². The number of hydrogen-bond acceptors (Lipinski definition) is 3. The van der Waals surface area contributed by atoms with E-state index in [4.69, 9.17) is 22.1 Å². The van der Waals surface area contributed by atoms with Crippen LogP contribution in [0.2, 0.25) is 5.02 Å². The highest BCUT2D eigenvalue weighted by molar-refractivity contribution is 9.10. The van der Waals surface area contributed by atoms with E-state index in [1.54, 1.807) is 6.07 Å². The van der Waals surface area contributed by atoms with Gasteiger partial charge >= 0.3 is 0 Å². The molecule has 0 amide bonds. The van der Waals surface area contributed by atoms with Gasteiger partial charge in [0.25, 0.3) is 0 Å². The average molecular weight is 321 g/mol. The number of benzene rings is 1. The lowest BCUT2D eigenvalue weighted by Gasteiger charge is -2.31. The van der Waals surface area contributed by atoms with Gasteiger partial charge in [-0.3, -0.25) is 0 Å². The molecule has 1 aromatic rings. The number of hydrogen-bond donors (Lipinski definition) is 2. The summed E-state index contributed by atoms with van der Waals surface area (Å²) in [5.74, 6) is 0. The van der Waals surface area contributed by atoms with Crippen molar-refractivity contribution >= 4 is 27.5 Å². The number of ether oxygens (including phenoxy) is 1. The van der Waals surface area contributed by atoms with Crippen molar-refractivity contribution < 1.29 is 9.84 Å². The molecule has 2 rings (SSSR count). The molecule has 94 valence electrons. The predicted molar refractivity (Wildman–Crippen MR) is 71.0 cm³/mol. The minimum atomic E-state index is -0.622. The maximum atomic E-state index is 10.5. The molecule has 0 spiro atoms. The molecule has 1 aliphatic rings. The summed E-state index contributed by atoms with van der Waals surface area (Å²) in [6.45, 7) is 1.57. The highest BCUT2D eigenvalue weighted by atomic mass is 79.9. The van der Waals surface area contributed by atoms with Crippen LogP contribution in [0.3, 0.4) is 0 Å². The topological polar surface area (TPSA) is 55.5 Å². The zero-order chi connectivity index (χ0) is 12.5. The predicted octanol–water partition coefficient (Wildman–Crippen LogP) is 2.50. The molecule has 1 aliphatic heterocycles. The second-order valence-electron chi connectivity index (χ2n) is 4.45. The van der Waals surface area contributed by atoms with Gasteiger partial charge in [0.1, 0.15) is 0 Å². The van der Waals surface area contributed by atoms with Crippen LogP contribution >= 0.6 is 27.5 Å². The molecule has 1 heterocycles. The molecule has 17 heavy (non-hydrogen) atoms. The summed E-state index contributed by atoms with van der Waals surface area (Å²) in [5.41, 5.74) is 6.25. The Bertz CT molecular complexity index is 407. The summed E-state index contributed by atoms with van der Waals surface area (Å²) in [4.78, 5) is 0. The maximum absolute atomic E-state index is 10.5. The SMILES string of the molecule is NCC1(C(O)c2ccc(Cl)c(Br)c2)CCOC1. The van der Waals surface area contributed by atoms with Gasteiger partial charge < -0.3 is 15.6 Å². The summed E-state index contributed by atoms with van der Waals surface area (Å²) < 4.78 is 6.15. The van der Waals surface area contributed by atoms with Gasteiger partial charge in [0.2, 0.25) is 0 Å². The van der Waals surface area contributed by atoms with Crippen molar-refractivity contribution in [1.82, 2.24) is 0 Å². The number of rotatable bonds is 3. The summed E-state index contributed by atoms with van der Waals surface area (Å²) >= 11 is 9.29. The van der Waals surface area contributed by atoms with E-state index in [1.165, 1.54) is 0 Å². The number of aliphatic hydroxyl groups excluding tert-OH is 1. The quantitative estimate of drug-likeness (QED) is 0.900. The molecule has 3 N–H and O–H groups in total. The van der Waals surface area contributed by atoms with Gasteiger partial charge in [0, 0.05) is 23.0 Å². The van der Waals surface area contributed by atoms with Crippen LogP contribution in [0.15, 0.2) is 22.7 Å². The molecule has 0 radical (unpaired) electrons. The fraction of sp³-hybridized carbons (Fsp3) is 0.500. The standard InChI is InChI=1S/C12H15BrClNO2/c13-9-5-8(1-2-10(9)14)11(16)12(6-15)3-4-17-7-12/h1-2,5,11,16H,3-4,6-7,15H2. The lowest BCUT2D eigenvalue weighted by Crippen LogP contribution is -2.37. The van der Waals surface area contributed by atoms with Crippen molar-refractivity contribution in [3.63, 3.8) is 0 Å². The molecule has 0 aliphatic carbocycles. The van der Waals surface area contributed by atoms with E-state index in [1.807, 2.05) is 12.1 Å². The summed E-state index contributed by atoms with van der Waals surface area (Å²) in [6, 6.07) is 5.43. The van der Waals surface area contributed by atoms with Crippen molar-refractivity contribution in [2.75, 3.05) is 19.8 Å². The molecule has 3 nitrogen and oxygen atoms in total. The first-order valence-electron chi connectivity index (χ1n) is 5.50. The van der Waals surface area contributed by atoms with E-state index < -0.39 is 6.10 Å². The van der Waals surface area contributed by atoms with Crippen LogP contribution in [0, 0.1) is 5.41 Å². The van der Waals surface area contributed by atoms with Crippen molar-refractivity contribution in [3.8, 4) is 0 Å². The first-order chi connectivity index (χ1) is 8.09. The first kappa shape index (κ1) is 13.3. The third kappa shape index (κ3) is 2.51. The molecule has 1 aromatic carbocycles. The lowest BCUT2D eigenvalue weighted by molar-refractivity contribution is 0.0190. The van der Waals surface area contributed by atoms with Crippen molar-refractivity contribution in [2.45, 2.75) is 12.5 Å². The van der Waals surface area contributed by atoms with Gasteiger partial charge in [0.05, 0.1) is 17.7 Å². The molecule has 2 unspecified atom stereocenters. The zero-order valence-electron chi connectivity index (χ0n) is 9.33. The Hall–Kier alpha value is -0.130. The summed E-state index contributed by atoms with van der Waals surface area (Å²) in [5, 5.41) is 11.1. The minimum absolute atomic E-state index is 0.368. The molecular weight excluding hydrogens is 305 g/mol. The average Bonchev–Trinajstić information content (AvgIpc) is 2.81. The van der Waals surface area contributed by atoms with Gasteiger partial charge in [0.15, 0.2) is 0 Å². The molecule has 0 bridgehead atoms. The van der Waals surface area contributed by atoms with Crippen LogP contribution in [-0.2, 0) is 4.74 Å². The van der Waals surface area contributed by atoms with E-state index >= 15 is 0 Å². The number of aliphatic hydroxyl groups is 1. The third-order valence-corrected chi connectivity index (χ3v) is 4.59. The number of nitrogens with two attached hydrogens (primary N) is 1. The Morgan fingerprint density at radius 2 is 2.35 bits per heavy atom. The number of halogens is 2. The Labute approximate surface area is 114 Å². The molecule has 0 saturated carbocycles. The van der Waals surface area contributed by atoms with E-state index in [9.17, 15) is 5.11 Å². The third-order valence-electron chi connectivity index (χ3n) is 3.38. The Balaban J connectivity index is 2.29. The molecule has 0 aromatic heterocycles. The zero-order valence-corrected chi connectivity index (χ0v) is 11.7. The second kappa shape index (κ2) is 5.24. The molecule has 2 atom stereocenters. The van der Waals surface area contributed by atoms with Crippen molar-refractivity contribution in [2.24, 2.45) is 11.1 Å². The smallest absolute Gasteiger partial charge is 0.0881 e. The summed E-state index contributed by atoms with van der Waals surface area (Å²) in [7, 11) is 0. The highest BCUT2D eigenvalue weighted by Gasteiger charge is 2.41. The molecule has 1 fully saturated rings. The maximum Gasteiger partial charge on any atom is 0.0881 e. The molecule has 5 heteroatoms. The van der Waals surface area contributed by atoms with Crippen molar-refractivity contribution in [3.05, 3.63) is 33.3 Å². The molecular formula is C12H15BrClNO2. The normalized spacial score (nSPS) is 26.1. The van der Waals surface area contributed by atoms with Crippen LogP contribution in [0.4, 0.5) is 0 Å². The van der Waals surface area contributed by atoms with Gasteiger partial charge in [-0.2, -0.15) is 0 Å². The van der Waals surface area contributed by atoms with Crippen molar-refractivity contribution in [1.29, 1.82) is 0 Å². The van der Waals surface area contributed by atoms with Gasteiger partial charge in [-0.05, 0) is 40.0 Å². The van der Waals surface area contributed by atoms with Gasteiger partial charge in [-0.1, -0.05) is 17.7 Å². The van der Waals surface area contributed by atoms with E-state index in [-0.39, 0.29) is 5.41 Å². The van der Waals surface area contributed by atoms with Crippen LogP contribution in [0.5, 0.6) is 0 Å². The fourth-order valence-corrected chi connectivity index (χ4v) is 2.66. The van der Waals surface area contributed by atoms with Gasteiger partial charge in [-0.15, -0.1) is 0 Å². The van der Waals surface area contributed by atoms with Crippen LogP contribution in [0.25, 0.3) is 0 Å². The van der Waals surface area contributed by atoms with Gasteiger partial charge in [-0.25, -0.2) is 0 Å².